The summed E-state index contributed by atoms with van der Waals surface area (Å²) in [6, 6.07) is 1.01. The zero-order valence-electron chi connectivity index (χ0n) is 11.8. The summed E-state index contributed by atoms with van der Waals surface area (Å²) < 4.78 is 5.44. The fourth-order valence-corrected chi connectivity index (χ4v) is 3.72. The minimum atomic E-state index is 0.227. The number of urea groups is 1. The van der Waals surface area contributed by atoms with Crippen LogP contribution in [0.2, 0.25) is 0 Å². The fraction of sp³-hybridized carbons (Fsp3) is 0.929. The molecule has 2 unspecified atom stereocenters. The second-order valence-electron chi connectivity index (χ2n) is 6.06. The molecule has 0 saturated carbocycles. The molecule has 3 saturated heterocycles. The zero-order chi connectivity index (χ0) is 13.2. The van der Waals surface area contributed by atoms with Crippen molar-refractivity contribution in [3.63, 3.8) is 0 Å². The average molecular weight is 267 g/mol. The van der Waals surface area contributed by atoms with Crippen molar-refractivity contribution in [3.05, 3.63) is 0 Å². The Hall–Kier alpha value is -0.810. The van der Waals surface area contributed by atoms with Crippen LogP contribution in [0.25, 0.3) is 0 Å². The van der Waals surface area contributed by atoms with E-state index in [1.165, 1.54) is 6.42 Å². The molecule has 0 aromatic carbocycles. The smallest absolute Gasteiger partial charge is 0.320 e. The lowest BCUT2D eigenvalue weighted by Gasteiger charge is -2.31. The van der Waals surface area contributed by atoms with Crippen LogP contribution < -0.4 is 5.32 Å². The number of nitrogens with one attached hydrogen (secondary N) is 1. The maximum atomic E-state index is 12.5. The van der Waals surface area contributed by atoms with Crippen molar-refractivity contribution >= 4 is 6.03 Å². The summed E-state index contributed by atoms with van der Waals surface area (Å²) in [7, 11) is 1.97. The van der Waals surface area contributed by atoms with E-state index < -0.39 is 0 Å². The highest BCUT2D eigenvalue weighted by Gasteiger charge is 2.42. The van der Waals surface area contributed by atoms with Gasteiger partial charge in [-0.1, -0.05) is 0 Å². The molecule has 3 rings (SSSR count). The predicted molar refractivity (Wildman–Crippen MR) is 73.1 cm³/mol. The van der Waals surface area contributed by atoms with Crippen LogP contribution in [0.4, 0.5) is 4.79 Å². The molecular formula is C14H25N3O2. The van der Waals surface area contributed by atoms with Gasteiger partial charge in [0.15, 0.2) is 0 Å². The van der Waals surface area contributed by atoms with E-state index in [2.05, 4.69) is 10.2 Å². The standard InChI is InChI=1S/C14H25N3O2/c1-16-13(11-4-7-19-8-5-11)10-17(14(16)18)12-3-2-6-15-9-12/h11-13,15H,2-10H2,1H3. The molecule has 2 atom stereocenters. The van der Waals surface area contributed by atoms with E-state index >= 15 is 0 Å². The van der Waals surface area contributed by atoms with Gasteiger partial charge in [-0.15, -0.1) is 0 Å². The summed E-state index contributed by atoms with van der Waals surface area (Å²) in [4.78, 5) is 16.5. The number of rotatable bonds is 2. The number of nitrogens with zero attached hydrogens (tertiary/aromatic N) is 2. The van der Waals surface area contributed by atoms with Crippen molar-refractivity contribution in [1.29, 1.82) is 0 Å². The van der Waals surface area contributed by atoms with Gasteiger partial charge >= 0.3 is 6.03 Å². The summed E-state index contributed by atoms with van der Waals surface area (Å²) in [6.45, 7) is 4.67. The van der Waals surface area contributed by atoms with E-state index in [1.54, 1.807) is 0 Å². The molecule has 1 N–H and O–H groups in total. The molecule has 5 nitrogen and oxygen atoms in total. The molecule has 3 fully saturated rings. The van der Waals surface area contributed by atoms with Crippen LogP contribution in [0.1, 0.15) is 25.7 Å². The number of carbonyl (C=O) groups excluding carboxylic acids is 1. The lowest BCUT2D eigenvalue weighted by molar-refractivity contribution is 0.0448. The Kier molecular flexibility index (Phi) is 3.93. The summed E-state index contributed by atoms with van der Waals surface area (Å²) in [6.07, 6.45) is 4.52. The van der Waals surface area contributed by atoms with Gasteiger partial charge in [0.1, 0.15) is 0 Å². The summed E-state index contributed by atoms with van der Waals surface area (Å²) in [5.41, 5.74) is 0. The van der Waals surface area contributed by atoms with Crippen LogP contribution >= 0.6 is 0 Å². The third-order valence-corrected chi connectivity index (χ3v) is 4.95. The van der Waals surface area contributed by atoms with Crippen LogP contribution in [-0.2, 0) is 4.74 Å². The van der Waals surface area contributed by atoms with Gasteiger partial charge in [0.2, 0.25) is 0 Å². The summed E-state index contributed by atoms with van der Waals surface area (Å²) >= 11 is 0. The van der Waals surface area contributed by atoms with Gasteiger partial charge in [0, 0.05) is 39.4 Å². The van der Waals surface area contributed by atoms with Gasteiger partial charge in [-0.25, -0.2) is 4.79 Å². The highest BCUT2D eigenvalue weighted by molar-refractivity contribution is 5.77. The van der Waals surface area contributed by atoms with Crippen molar-refractivity contribution in [2.24, 2.45) is 5.92 Å². The summed E-state index contributed by atoms with van der Waals surface area (Å²) in [5, 5.41) is 3.41. The number of carbonyl (C=O) groups is 1. The SMILES string of the molecule is CN1C(=O)N(C2CCCNC2)CC1C1CCOCC1. The van der Waals surface area contributed by atoms with Gasteiger partial charge in [0.05, 0.1) is 6.04 Å². The first kappa shape index (κ1) is 13.2. The Balaban J connectivity index is 1.66. The van der Waals surface area contributed by atoms with Crippen molar-refractivity contribution in [3.8, 4) is 0 Å². The topological polar surface area (TPSA) is 44.8 Å². The molecule has 0 aliphatic carbocycles. The number of hydrogen-bond acceptors (Lipinski definition) is 3. The first-order chi connectivity index (χ1) is 9.27. The van der Waals surface area contributed by atoms with Gasteiger partial charge in [-0.2, -0.15) is 0 Å². The Labute approximate surface area is 115 Å². The second-order valence-corrected chi connectivity index (χ2v) is 6.06. The predicted octanol–water partition coefficient (Wildman–Crippen LogP) is 0.901. The van der Waals surface area contributed by atoms with Crippen LogP contribution in [0.15, 0.2) is 0 Å². The first-order valence-electron chi connectivity index (χ1n) is 7.59. The Morgan fingerprint density at radius 2 is 2.05 bits per heavy atom. The van der Waals surface area contributed by atoms with Crippen LogP contribution in [-0.4, -0.2) is 67.8 Å². The van der Waals surface area contributed by atoms with Gasteiger partial charge < -0.3 is 19.9 Å². The number of likely N-dealkylation sites (N-methyl/N-ethyl adjacent to an activating group) is 1. The van der Waals surface area contributed by atoms with E-state index in [0.717, 1.165) is 52.1 Å². The van der Waals surface area contributed by atoms with Crippen LogP contribution in [0, 0.1) is 5.92 Å². The van der Waals surface area contributed by atoms with Gasteiger partial charge in [0.25, 0.3) is 0 Å². The van der Waals surface area contributed by atoms with E-state index in [-0.39, 0.29) is 6.03 Å². The molecule has 0 bridgehead atoms. The molecular weight excluding hydrogens is 242 g/mol. The Morgan fingerprint density at radius 3 is 2.74 bits per heavy atom. The molecule has 0 aromatic rings. The molecule has 2 amide bonds. The molecule has 0 radical (unpaired) electrons. The van der Waals surface area contributed by atoms with Crippen molar-refractivity contribution in [2.75, 3.05) is 39.9 Å². The molecule has 3 aliphatic rings. The van der Waals surface area contributed by atoms with E-state index in [9.17, 15) is 4.79 Å². The number of piperidine rings is 1. The molecule has 108 valence electrons. The molecule has 3 heterocycles. The van der Waals surface area contributed by atoms with E-state index in [4.69, 9.17) is 4.74 Å². The molecule has 5 heteroatoms. The summed E-state index contributed by atoms with van der Waals surface area (Å²) in [5.74, 6) is 0.615. The first-order valence-corrected chi connectivity index (χ1v) is 7.59. The van der Waals surface area contributed by atoms with Crippen LogP contribution in [0.5, 0.6) is 0 Å². The lowest BCUT2D eigenvalue weighted by atomic mass is 9.91. The maximum absolute atomic E-state index is 12.5. The largest absolute Gasteiger partial charge is 0.381 e. The number of hydrogen-bond donors (Lipinski definition) is 1. The third kappa shape index (κ3) is 2.58. The average Bonchev–Trinajstić information content (AvgIpc) is 2.77. The zero-order valence-corrected chi connectivity index (χ0v) is 11.8. The van der Waals surface area contributed by atoms with E-state index in [0.29, 0.717) is 18.0 Å². The highest BCUT2D eigenvalue weighted by atomic mass is 16.5. The number of amides is 2. The highest BCUT2D eigenvalue weighted by Crippen LogP contribution is 2.29. The normalized spacial score (nSPS) is 34.1. The van der Waals surface area contributed by atoms with E-state index in [1.807, 2.05) is 11.9 Å². The molecule has 3 aliphatic heterocycles. The van der Waals surface area contributed by atoms with Crippen molar-refractivity contribution < 1.29 is 9.53 Å². The lowest BCUT2D eigenvalue weighted by Crippen LogP contribution is -2.47. The second kappa shape index (κ2) is 5.67. The molecule has 19 heavy (non-hydrogen) atoms. The monoisotopic (exact) mass is 267 g/mol. The van der Waals surface area contributed by atoms with Gasteiger partial charge in [-0.05, 0) is 38.1 Å². The van der Waals surface area contributed by atoms with Gasteiger partial charge in [-0.3, -0.25) is 0 Å². The van der Waals surface area contributed by atoms with Crippen molar-refractivity contribution in [1.82, 2.24) is 15.1 Å². The fourth-order valence-electron chi connectivity index (χ4n) is 3.72. The quantitative estimate of drug-likeness (QED) is 0.808. The number of ether oxygens (including phenoxy) is 1. The molecule has 0 aromatic heterocycles. The molecule has 0 spiro atoms. The Bertz CT molecular complexity index is 325. The minimum absolute atomic E-state index is 0.227. The Morgan fingerprint density at radius 1 is 1.26 bits per heavy atom. The van der Waals surface area contributed by atoms with Crippen LogP contribution in [0.3, 0.4) is 0 Å². The van der Waals surface area contributed by atoms with Crippen molar-refractivity contribution in [2.45, 2.75) is 37.8 Å². The minimum Gasteiger partial charge on any atom is -0.381 e. The third-order valence-electron chi connectivity index (χ3n) is 4.95. The maximum Gasteiger partial charge on any atom is 0.320 e.